The summed E-state index contributed by atoms with van der Waals surface area (Å²) in [5.74, 6) is -0.0930. The first-order chi connectivity index (χ1) is 8.79. The Kier molecular flexibility index (Phi) is 4.50. The minimum absolute atomic E-state index is 0.0930. The molecule has 0 aliphatic heterocycles. The molecule has 0 spiro atoms. The number of hydrogen-bond donors (Lipinski definition) is 1. The number of aromatic nitrogens is 2. The first-order valence-corrected chi connectivity index (χ1v) is 6.46. The number of nitrogens with one attached hydrogen (secondary N) is 1. The molecule has 0 atom stereocenters. The van der Waals surface area contributed by atoms with Crippen molar-refractivity contribution in [1.82, 2.24) is 15.3 Å². The molecule has 0 bridgehead atoms. The summed E-state index contributed by atoms with van der Waals surface area (Å²) in [5.41, 5.74) is 0.486. The van der Waals surface area contributed by atoms with E-state index < -0.39 is 0 Å². The van der Waals surface area contributed by atoms with Gasteiger partial charge in [-0.2, -0.15) is 0 Å². The molecule has 5 nitrogen and oxygen atoms in total. The number of amides is 1. The highest BCUT2D eigenvalue weighted by Crippen LogP contribution is 2.17. The Balaban J connectivity index is 1.93. The molecule has 18 heavy (non-hydrogen) atoms. The first-order valence-electron chi connectivity index (χ1n) is 6.46. The normalized spacial score (nSPS) is 16.9. The number of methoxy groups -OCH3 is 1. The second-order valence-electron chi connectivity index (χ2n) is 4.62. The van der Waals surface area contributed by atoms with Gasteiger partial charge in [0.2, 0.25) is 0 Å². The van der Waals surface area contributed by atoms with E-state index in [0.29, 0.717) is 11.6 Å². The lowest BCUT2D eigenvalue weighted by atomic mass is 10.1. The molecule has 0 unspecified atom stereocenters. The molecule has 1 aliphatic carbocycles. The molecule has 0 saturated heterocycles. The molecule has 0 radical (unpaired) electrons. The summed E-state index contributed by atoms with van der Waals surface area (Å²) < 4.78 is 4.86. The quantitative estimate of drug-likeness (QED) is 0.831. The average Bonchev–Trinajstić information content (AvgIpc) is 2.67. The first kappa shape index (κ1) is 12.8. The third kappa shape index (κ3) is 3.42. The van der Waals surface area contributed by atoms with Gasteiger partial charge in [0.1, 0.15) is 0 Å². The summed E-state index contributed by atoms with van der Waals surface area (Å²) in [7, 11) is 1.50. The van der Waals surface area contributed by atoms with Crippen molar-refractivity contribution in [2.45, 2.75) is 44.6 Å². The van der Waals surface area contributed by atoms with Gasteiger partial charge in [-0.15, -0.1) is 0 Å². The van der Waals surface area contributed by atoms with Crippen LogP contribution < -0.4 is 10.1 Å². The Bertz CT molecular complexity index is 384. The largest absolute Gasteiger partial charge is 0.467 e. The van der Waals surface area contributed by atoms with Gasteiger partial charge in [-0.05, 0) is 12.8 Å². The van der Waals surface area contributed by atoms with E-state index in [4.69, 9.17) is 4.74 Å². The molecule has 5 heteroatoms. The highest BCUT2D eigenvalue weighted by Gasteiger charge is 2.16. The predicted molar refractivity (Wildman–Crippen MR) is 67.5 cm³/mol. The summed E-state index contributed by atoms with van der Waals surface area (Å²) in [5, 5.41) is 3.05. The van der Waals surface area contributed by atoms with E-state index in [0.717, 1.165) is 12.8 Å². The molecule has 1 aliphatic rings. The van der Waals surface area contributed by atoms with Crippen molar-refractivity contribution in [3.05, 3.63) is 18.0 Å². The summed E-state index contributed by atoms with van der Waals surface area (Å²) in [4.78, 5) is 19.9. The van der Waals surface area contributed by atoms with Gasteiger partial charge in [0.05, 0.1) is 12.7 Å². The summed E-state index contributed by atoms with van der Waals surface area (Å²) >= 11 is 0. The zero-order valence-corrected chi connectivity index (χ0v) is 10.7. The van der Waals surface area contributed by atoms with Crippen molar-refractivity contribution < 1.29 is 9.53 Å². The van der Waals surface area contributed by atoms with E-state index in [1.165, 1.54) is 45.2 Å². The fraction of sp³-hybridized carbons (Fsp3) is 0.615. The van der Waals surface area contributed by atoms with Gasteiger partial charge in [-0.3, -0.25) is 4.79 Å². The van der Waals surface area contributed by atoms with Crippen LogP contribution in [0.15, 0.2) is 12.4 Å². The molecule has 1 N–H and O–H groups in total. The lowest BCUT2D eigenvalue weighted by Crippen LogP contribution is -2.34. The zero-order chi connectivity index (χ0) is 12.8. The molecule has 1 heterocycles. The second-order valence-corrected chi connectivity index (χ2v) is 4.62. The standard InChI is InChI=1S/C13H19N3O2/c1-18-13-14-8-10(9-15-13)12(17)16-11-6-4-2-3-5-7-11/h8-9,11H,2-7H2,1H3,(H,16,17). The Morgan fingerprint density at radius 3 is 2.39 bits per heavy atom. The molecule has 2 rings (SSSR count). The maximum Gasteiger partial charge on any atom is 0.316 e. The summed E-state index contributed by atoms with van der Waals surface area (Å²) in [6, 6.07) is 0.572. The van der Waals surface area contributed by atoms with E-state index in [2.05, 4.69) is 15.3 Å². The second kappa shape index (κ2) is 6.33. The topological polar surface area (TPSA) is 64.1 Å². The van der Waals surface area contributed by atoms with Crippen LogP contribution in [0.3, 0.4) is 0 Å². The van der Waals surface area contributed by atoms with Gasteiger partial charge in [0, 0.05) is 18.4 Å². The van der Waals surface area contributed by atoms with Gasteiger partial charge < -0.3 is 10.1 Å². The number of rotatable bonds is 3. The molecule has 1 fully saturated rings. The molecule has 98 valence electrons. The van der Waals surface area contributed by atoms with Crippen LogP contribution in [0.5, 0.6) is 6.01 Å². The van der Waals surface area contributed by atoms with Gasteiger partial charge >= 0.3 is 6.01 Å². The Morgan fingerprint density at radius 2 is 1.83 bits per heavy atom. The third-order valence-corrected chi connectivity index (χ3v) is 3.26. The molecule has 1 aromatic rings. The van der Waals surface area contributed by atoms with Gasteiger partial charge in [-0.1, -0.05) is 25.7 Å². The Hall–Kier alpha value is -1.65. The van der Waals surface area contributed by atoms with E-state index in [1.54, 1.807) is 0 Å². The van der Waals surface area contributed by atoms with Gasteiger partial charge in [-0.25, -0.2) is 9.97 Å². The Morgan fingerprint density at radius 1 is 1.22 bits per heavy atom. The highest BCUT2D eigenvalue weighted by molar-refractivity contribution is 5.93. The smallest absolute Gasteiger partial charge is 0.316 e. The minimum Gasteiger partial charge on any atom is -0.467 e. The fourth-order valence-electron chi connectivity index (χ4n) is 2.23. The zero-order valence-electron chi connectivity index (χ0n) is 10.7. The maximum absolute atomic E-state index is 12.0. The van der Waals surface area contributed by atoms with Crippen LogP contribution in [0.25, 0.3) is 0 Å². The van der Waals surface area contributed by atoms with Crippen LogP contribution in [-0.2, 0) is 0 Å². The third-order valence-electron chi connectivity index (χ3n) is 3.26. The fourth-order valence-corrected chi connectivity index (χ4v) is 2.23. The van der Waals surface area contributed by atoms with Crippen LogP contribution in [0.1, 0.15) is 48.9 Å². The molecule has 1 saturated carbocycles. The molecular formula is C13H19N3O2. The van der Waals surface area contributed by atoms with E-state index in [-0.39, 0.29) is 11.9 Å². The van der Waals surface area contributed by atoms with Crippen molar-refractivity contribution >= 4 is 5.91 Å². The minimum atomic E-state index is -0.0930. The van der Waals surface area contributed by atoms with Crippen molar-refractivity contribution in [2.24, 2.45) is 0 Å². The summed E-state index contributed by atoms with van der Waals surface area (Å²) in [6.45, 7) is 0. The van der Waals surface area contributed by atoms with E-state index in [9.17, 15) is 4.79 Å². The van der Waals surface area contributed by atoms with Crippen LogP contribution in [-0.4, -0.2) is 29.0 Å². The SMILES string of the molecule is COc1ncc(C(=O)NC2CCCCCC2)cn1. The molecule has 1 aromatic heterocycles. The lowest BCUT2D eigenvalue weighted by molar-refractivity contribution is 0.0932. The van der Waals surface area contributed by atoms with Gasteiger partial charge in [0.15, 0.2) is 0 Å². The number of carbonyl (C=O) groups is 1. The Labute approximate surface area is 107 Å². The predicted octanol–water partition coefficient (Wildman–Crippen LogP) is 1.94. The lowest BCUT2D eigenvalue weighted by Gasteiger charge is -2.15. The monoisotopic (exact) mass is 249 g/mol. The van der Waals surface area contributed by atoms with Crippen LogP contribution >= 0.6 is 0 Å². The molecule has 0 aromatic carbocycles. The van der Waals surface area contributed by atoms with Crippen LogP contribution in [0.4, 0.5) is 0 Å². The van der Waals surface area contributed by atoms with Crippen LogP contribution in [0, 0.1) is 0 Å². The summed E-state index contributed by atoms with van der Waals surface area (Å²) in [6.07, 6.45) is 10.1. The number of ether oxygens (including phenoxy) is 1. The van der Waals surface area contributed by atoms with Crippen molar-refractivity contribution in [3.8, 4) is 6.01 Å². The van der Waals surface area contributed by atoms with E-state index >= 15 is 0 Å². The number of carbonyl (C=O) groups excluding carboxylic acids is 1. The van der Waals surface area contributed by atoms with E-state index in [1.807, 2.05) is 0 Å². The van der Waals surface area contributed by atoms with Crippen molar-refractivity contribution in [1.29, 1.82) is 0 Å². The molecular weight excluding hydrogens is 230 g/mol. The number of nitrogens with zero attached hydrogens (tertiary/aromatic N) is 2. The van der Waals surface area contributed by atoms with Crippen molar-refractivity contribution in [3.63, 3.8) is 0 Å². The van der Waals surface area contributed by atoms with Crippen molar-refractivity contribution in [2.75, 3.05) is 7.11 Å². The maximum atomic E-state index is 12.0. The molecule has 1 amide bonds. The van der Waals surface area contributed by atoms with Gasteiger partial charge in [0.25, 0.3) is 5.91 Å². The average molecular weight is 249 g/mol. The van der Waals surface area contributed by atoms with Crippen LogP contribution in [0.2, 0.25) is 0 Å². The number of hydrogen-bond acceptors (Lipinski definition) is 4. The highest BCUT2D eigenvalue weighted by atomic mass is 16.5.